The van der Waals surface area contributed by atoms with Crippen molar-refractivity contribution < 1.29 is 9.90 Å². The van der Waals surface area contributed by atoms with E-state index < -0.39 is 5.97 Å². The summed E-state index contributed by atoms with van der Waals surface area (Å²) in [6.07, 6.45) is 7.09. The van der Waals surface area contributed by atoms with Crippen molar-refractivity contribution in [3.8, 4) is 22.5 Å². The molecule has 1 atom stereocenters. The van der Waals surface area contributed by atoms with Crippen LogP contribution in [-0.2, 0) is 24.2 Å². The second-order valence-electron chi connectivity index (χ2n) is 10.0. The smallest absolute Gasteiger partial charge is 0.303 e. The molecule has 0 bridgehead atoms. The molecule has 0 radical (unpaired) electrons. The molecule has 0 saturated carbocycles. The van der Waals surface area contributed by atoms with Crippen molar-refractivity contribution in [2.45, 2.75) is 77.3 Å². The number of nitrogens with one attached hydrogen (secondary N) is 1. The lowest BCUT2D eigenvalue weighted by Gasteiger charge is -2.28. The molecule has 4 aromatic rings. The predicted molar refractivity (Wildman–Crippen MR) is 145 cm³/mol. The molecule has 0 spiro atoms. The van der Waals surface area contributed by atoms with Crippen LogP contribution in [0.3, 0.4) is 0 Å². The third kappa shape index (κ3) is 5.32. The minimum absolute atomic E-state index is 0.0399. The minimum atomic E-state index is -0.814. The van der Waals surface area contributed by atoms with Crippen LogP contribution in [0, 0.1) is 0 Å². The van der Waals surface area contributed by atoms with Gasteiger partial charge < -0.3 is 5.11 Å². The number of benzene rings is 2. The number of fused-ring (bicyclic) bond motifs is 1. The van der Waals surface area contributed by atoms with Crippen molar-refractivity contribution >= 4 is 5.97 Å². The highest BCUT2D eigenvalue weighted by Crippen LogP contribution is 2.31. The van der Waals surface area contributed by atoms with Gasteiger partial charge in [0.25, 0.3) is 5.56 Å². The Balaban J connectivity index is 1.46. The van der Waals surface area contributed by atoms with Crippen LogP contribution in [0.4, 0.5) is 0 Å². The maximum absolute atomic E-state index is 13.8. The number of aliphatic carboxylic acids is 1. The molecular weight excluding hydrogens is 480 g/mol. The van der Waals surface area contributed by atoms with Gasteiger partial charge in [-0.25, -0.2) is 4.68 Å². The molecule has 2 N–H and O–H groups in total. The number of carboxylic acids is 1. The summed E-state index contributed by atoms with van der Waals surface area (Å²) in [5, 5.41) is 23.7. The van der Waals surface area contributed by atoms with E-state index in [-0.39, 0.29) is 18.0 Å². The Bertz CT molecular complexity index is 1440. The van der Waals surface area contributed by atoms with Crippen LogP contribution in [0.2, 0.25) is 0 Å². The number of aromatic nitrogens is 6. The molecular formula is C29H34N6O3. The molecule has 2 aromatic carbocycles. The monoisotopic (exact) mass is 514 g/mol. The highest BCUT2D eigenvalue weighted by Gasteiger charge is 2.28. The van der Waals surface area contributed by atoms with E-state index in [0.717, 1.165) is 78.6 Å². The molecule has 0 amide bonds. The summed E-state index contributed by atoms with van der Waals surface area (Å²) in [5.74, 6) is -0.266. The second-order valence-corrected chi connectivity index (χ2v) is 10.0. The topological polar surface area (TPSA) is 119 Å². The van der Waals surface area contributed by atoms with Crippen molar-refractivity contribution in [3.05, 3.63) is 75.7 Å². The van der Waals surface area contributed by atoms with Gasteiger partial charge in [-0.2, -0.15) is 5.21 Å². The third-order valence-corrected chi connectivity index (χ3v) is 7.51. The summed E-state index contributed by atoms with van der Waals surface area (Å²) in [4.78, 5) is 25.0. The molecule has 0 aliphatic carbocycles. The van der Waals surface area contributed by atoms with Gasteiger partial charge in [-0.1, -0.05) is 68.3 Å². The molecule has 38 heavy (non-hydrogen) atoms. The van der Waals surface area contributed by atoms with Gasteiger partial charge in [0, 0.05) is 36.2 Å². The molecule has 1 unspecified atom stereocenters. The van der Waals surface area contributed by atoms with Gasteiger partial charge in [0.05, 0.1) is 6.04 Å². The van der Waals surface area contributed by atoms with Crippen LogP contribution in [0.15, 0.2) is 53.3 Å². The third-order valence-electron chi connectivity index (χ3n) is 7.51. The first-order valence-corrected chi connectivity index (χ1v) is 13.5. The Morgan fingerprint density at radius 2 is 1.89 bits per heavy atom. The zero-order valence-electron chi connectivity index (χ0n) is 21.8. The van der Waals surface area contributed by atoms with E-state index >= 15 is 0 Å². The van der Waals surface area contributed by atoms with Gasteiger partial charge in [-0.05, 0) is 54.0 Å². The summed E-state index contributed by atoms with van der Waals surface area (Å²) in [6.45, 7) is 2.99. The molecule has 1 aliphatic heterocycles. The number of hydrogen-bond acceptors (Lipinski definition) is 5. The summed E-state index contributed by atoms with van der Waals surface area (Å²) in [6, 6.07) is 16.2. The summed E-state index contributed by atoms with van der Waals surface area (Å²) < 4.78 is 4.04. The standard InChI is InChI=1S/C29H34N6O3/c1-2-3-4-11-26-25(29(38)35-22(16-17-27(36)37)8-7-18-34(26)35)19-20-12-14-21(15-13-20)23-9-5-6-10-24(23)28-30-32-33-31-28/h5-6,9-10,12-15,22H,2-4,7-8,11,16-19H2,1H3,(H,36,37)(H,30,31,32,33). The molecule has 1 aliphatic rings. The van der Waals surface area contributed by atoms with Gasteiger partial charge in [0.15, 0.2) is 0 Å². The fourth-order valence-electron chi connectivity index (χ4n) is 5.63. The highest BCUT2D eigenvalue weighted by atomic mass is 16.4. The first-order chi connectivity index (χ1) is 18.6. The molecule has 3 heterocycles. The van der Waals surface area contributed by atoms with Gasteiger partial charge >= 0.3 is 5.97 Å². The highest BCUT2D eigenvalue weighted by molar-refractivity contribution is 5.80. The van der Waals surface area contributed by atoms with Crippen molar-refractivity contribution in [3.63, 3.8) is 0 Å². The quantitative estimate of drug-likeness (QED) is 0.271. The number of H-pyrrole nitrogens is 1. The molecule has 0 saturated heterocycles. The average molecular weight is 515 g/mol. The zero-order chi connectivity index (χ0) is 26.5. The first-order valence-electron chi connectivity index (χ1n) is 13.5. The fourth-order valence-corrected chi connectivity index (χ4v) is 5.63. The lowest BCUT2D eigenvalue weighted by molar-refractivity contribution is -0.137. The lowest BCUT2D eigenvalue weighted by atomic mass is 9.96. The van der Waals surface area contributed by atoms with Crippen molar-refractivity contribution in [2.75, 3.05) is 0 Å². The Kier molecular flexibility index (Phi) is 7.81. The average Bonchev–Trinajstić information content (AvgIpc) is 3.56. The van der Waals surface area contributed by atoms with Crippen LogP contribution >= 0.6 is 0 Å². The molecule has 0 fully saturated rings. The Hall–Kier alpha value is -4.01. The van der Waals surface area contributed by atoms with E-state index in [1.807, 2.05) is 28.9 Å². The second kappa shape index (κ2) is 11.6. The minimum Gasteiger partial charge on any atom is -0.481 e. The van der Waals surface area contributed by atoms with Crippen LogP contribution in [0.1, 0.15) is 74.7 Å². The normalized spacial score (nSPS) is 14.9. The first kappa shape index (κ1) is 25.6. The van der Waals surface area contributed by atoms with Crippen LogP contribution in [0.5, 0.6) is 0 Å². The van der Waals surface area contributed by atoms with Gasteiger partial charge in [-0.15, -0.1) is 10.2 Å². The van der Waals surface area contributed by atoms with Crippen molar-refractivity contribution in [2.24, 2.45) is 0 Å². The molecule has 198 valence electrons. The number of aromatic amines is 1. The summed E-state index contributed by atoms with van der Waals surface area (Å²) in [5.41, 5.74) is 6.04. The number of hydrogen-bond donors (Lipinski definition) is 2. The molecule has 2 aromatic heterocycles. The predicted octanol–water partition coefficient (Wildman–Crippen LogP) is 5.02. The molecule has 5 rings (SSSR count). The van der Waals surface area contributed by atoms with Crippen LogP contribution in [-0.4, -0.2) is 41.1 Å². The van der Waals surface area contributed by atoms with E-state index in [9.17, 15) is 14.7 Å². The maximum atomic E-state index is 13.8. The number of carboxylic acid groups (broad SMARTS) is 1. The largest absolute Gasteiger partial charge is 0.481 e. The SMILES string of the molecule is CCCCCc1c(Cc2ccc(-c3ccccc3-c3nn[nH]n3)cc2)c(=O)n2n1CCCC2CCC(=O)O. The lowest BCUT2D eigenvalue weighted by Crippen LogP contribution is -2.33. The number of nitrogens with zero attached hydrogens (tertiary/aromatic N) is 5. The number of rotatable bonds is 11. The van der Waals surface area contributed by atoms with Gasteiger partial charge in [0.1, 0.15) is 0 Å². The number of carbonyl (C=O) groups is 1. The summed E-state index contributed by atoms with van der Waals surface area (Å²) in [7, 11) is 0. The van der Waals surface area contributed by atoms with E-state index in [2.05, 4.69) is 56.5 Å². The van der Waals surface area contributed by atoms with Crippen molar-refractivity contribution in [1.82, 2.24) is 30.0 Å². The molecule has 9 nitrogen and oxygen atoms in total. The number of unbranched alkanes of at least 4 members (excludes halogenated alkanes) is 2. The van der Waals surface area contributed by atoms with Crippen LogP contribution < -0.4 is 5.56 Å². The van der Waals surface area contributed by atoms with E-state index in [1.54, 1.807) is 0 Å². The van der Waals surface area contributed by atoms with Gasteiger partial charge in [-0.3, -0.25) is 14.3 Å². The van der Waals surface area contributed by atoms with Crippen LogP contribution in [0.25, 0.3) is 22.5 Å². The van der Waals surface area contributed by atoms with E-state index in [4.69, 9.17) is 0 Å². The van der Waals surface area contributed by atoms with Gasteiger partial charge in [0.2, 0.25) is 5.82 Å². The number of tetrazole rings is 1. The van der Waals surface area contributed by atoms with E-state index in [1.165, 1.54) is 0 Å². The molecule has 9 heteroatoms. The Morgan fingerprint density at radius 1 is 1.11 bits per heavy atom. The van der Waals surface area contributed by atoms with Crippen molar-refractivity contribution in [1.29, 1.82) is 0 Å². The zero-order valence-corrected chi connectivity index (χ0v) is 21.8. The fraction of sp³-hybridized carbons (Fsp3) is 0.414. The maximum Gasteiger partial charge on any atom is 0.303 e. The Morgan fingerprint density at radius 3 is 2.61 bits per heavy atom. The summed E-state index contributed by atoms with van der Waals surface area (Å²) >= 11 is 0. The Labute approximate surface area is 221 Å². The van der Waals surface area contributed by atoms with E-state index in [0.29, 0.717) is 18.7 Å².